The third-order valence-corrected chi connectivity index (χ3v) is 6.86. The highest BCUT2D eigenvalue weighted by atomic mass is 16.5. The number of methoxy groups -OCH3 is 2. The van der Waals surface area contributed by atoms with Crippen LogP contribution in [0.15, 0.2) is 42.5 Å². The summed E-state index contributed by atoms with van der Waals surface area (Å²) in [6.07, 6.45) is 1.28. The quantitative estimate of drug-likeness (QED) is 0.206. The highest BCUT2D eigenvalue weighted by Gasteiger charge is 2.29. The molecule has 2 atom stereocenters. The van der Waals surface area contributed by atoms with Crippen molar-refractivity contribution in [3.8, 4) is 17.2 Å². The van der Waals surface area contributed by atoms with E-state index in [1.807, 2.05) is 57.1 Å². The summed E-state index contributed by atoms with van der Waals surface area (Å²) in [5.74, 6) is -0.393. The van der Waals surface area contributed by atoms with Crippen molar-refractivity contribution in [2.24, 2.45) is 5.92 Å². The van der Waals surface area contributed by atoms with Crippen LogP contribution >= 0.6 is 0 Å². The number of ether oxygens (including phenoxy) is 3. The lowest BCUT2D eigenvalue weighted by Gasteiger charge is -2.23. The van der Waals surface area contributed by atoms with Gasteiger partial charge in [-0.05, 0) is 74.7 Å². The first-order chi connectivity index (χ1) is 20.9. The van der Waals surface area contributed by atoms with Gasteiger partial charge in [0.25, 0.3) is 5.91 Å². The lowest BCUT2D eigenvalue weighted by Crippen LogP contribution is -2.54. The van der Waals surface area contributed by atoms with Gasteiger partial charge in [0.15, 0.2) is 0 Å². The minimum Gasteiger partial charge on any atom is -0.497 e. The molecule has 44 heavy (non-hydrogen) atoms. The van der Waals surface area contributed by atoms with Gasteiger partial charge in [0.1, 0.15) is 29.9 Å². The largest absolute Gasteiger partial charge is 0.497 e. The van der Waals surface area contributed by atoms with Gasteiger partial charge < -0.3 is 35.1 Å². The van der Waals surface area contributed by atoms with Gasteiger partial charge in [-0.15, -0.1) is 0 Å². The number of carbonyl (C=O) groups is 4. The van der Waals surface area contributed by atoms with E-state index in [0.717, 1.165) is 17.9 Å². The zero-order valence-electron chi connectivity index (χ0n) is 27.0. The van der Waals surface area contributed by atoms with Crippen LogP contribution in [-0.4, -0.2) is 82.0 Å². The molecule has 0 spiro atoms. The fourth-order valence-corrected chi connectivity index (χ4v) is 4.35. The molecule has 3 N–H and O–H groups in total. The average Bonchev–Trinajstić information content (AvgIpc) is 3.00. The normalized spacial score (nSPS) is 12.3. The summed E-state index contributed by atoms with van der Waals surface area (Å²) in [5, 5.41) is 8.10. The highest BCUT2D eigenvalue weighted by molar-refractivity contribution is 6.38. The number of benzene rings is 2. The number of hydrogen-bond acceptors (Lipinski definition) is 8. The molecule has 11 nitrogen and oxygen atoms in total. The Hall–Kier alpha value is -4.12. The van der Waals surface area contributed by atoms with Crippen LogP contribution in [0, 0.1) is 5.92 Å². The molecule has 0 aliphatic carbocycles. The van der Waals surface area contributed by atoms with Gasteiger partial charge in [-0.2, -0.15) is 0 Å². The number of likely N-dealkylation sites (N-methyl/N-ethyl adjacent to an activating group) is 1. The number of ketones is 1. The number of Topliss-reactive ketones (excluding diaryl/α,β-unsaturated/α-hetero) is 1. The van der Waals surface area contributed by atoms with Crippen LogP contribution in [0.5, 0.6) is 17.2 Å². The Morgan fingerprint density at radius 3 is 2.02 bits per heavy atom. The lowest BCUT2D eigenvalue weighted by atomic mass is 10.0. The summed E-state index contributed by atoms with van der Waals surface area (Å²) in [4.78, 5) is 53.7. The van der Waals surface area contributed by atoms with Gasteiger partial charge >= 0.3 is 0 Å². The fraction of sp³-hybridized carbons (Fsp3) is 0.515. The maximum atomic E-state index is 13.2. The van der Waals surface area contributed by atoms with Crippen LogP contribution in [-0.2, 0) is 32.1 Å². The maximum absolute atomic E-state index is 13.2. The van der Waals surface area contributed by atoms with Crippen molar-refractivity contribution < 1.29 is 33.4 Å². The Kier molecular flexibility index (Phi) is 15.2. The SMILES string of the molecule is CCC(NC(=O)[C@H](CC(C)C)NC(=O)CCc1ccc(OCCN(C)C)cc1)C(=O)C(=O)NCc1cc(OC)cc(OC)c1. The van der Waals surface area contributed by atoms with Crippen molar-refractivity contribution in [3.05, 3.63) is 53.6 Å². The van der Waals surface area contributed by atoms with E-state index in [-0.39, 0.29) is 31.2 Å². The molecule has 0 saturated carbocycles. The van der Waals surface area contributed by atoms with Gasteiger partial charge in [0.05, 0.1) is 20.3 Å². The molecule has 0 bridgehead atoms. The average molecular weight is 613 g/mol. The minimum atomic E-state index is -1.03. The molecule has 1 unspecified atom stereocenters. The monoisotopic (exact) mass is 612 g/mol. The van der Waals surface area contributed by atoms with Crippen molar-refractivity contribution in [1.29, 1.82) is 0 Å². The van der Waals surface area contributed by atoms with Crippen LogP contribution in [0.4, 0.5) is 0 Å². The molecule has 0 radical (unpaired) electrons. The summed E-state index contributed by atoms with van der Waals surface area (Å²) in [7, 11) is 7.01. The number of carbonyl (C=O) groups excluding carboxylic acids is 4. The molecule has 2 aromatic carbocycles. The Bertz CT molecular complexity index is 1210. The molecule has 11 heteroatoms. The van der Waals surface area contributed by atoms with E-state index in [1.165, 1.54) is 14.2 Å². The Morgan fingerprint density at radius 1 is 0.841 bits per heavy atom. The number of rotatable bonds is 19. The smallest absolute Gasteiger partial charge is 0.289 e. The highest BCUT2D eigenvalue weighted by Crippen LogP contribution is 2.22. The summed E-state index contributed by atoms with van der Waals surface area (Å²) >= 11 is 0. The van der Waals surface area contributed by atoms with Gasteiger partial charge in [-0.3, -0.25) is 19.2 Å². The molecule has 0 saturated heterocycles. The first-order valence-electron chi connectivity index (χ1n) is 15.0. The lowest BCUT2D eigenvalue weighted by molar-refractivity contribution is -0.140. The van der Waals surface area contributed by atoms with Crippen LogP contribution in [0.1, 0.15) is 51.2 Å². The van der Waals surface area contributed by atoms with Gasteiger partial charge in [0.2, 0.25) is 17.6 Å². The predicted octanol–water partition coefficient (Wildman–Crippen LogP) is 2.89. The van der Waals surface area contributed by atoms with Crippen LogP contribution in [0.2, 0.25) is 0 Å². The van der Waals surface area contributed by atoms with Crippen molar-refractivity contribution in [3.63, 3.8) is 0 Å². The van der Waals surface area contributed by atoms with E-state index >= 15 is 0 Å². The van der Waals surface area contributed by atoms with Crippen LogP contribution in [0.25, 0.3) is 0 Å². The first kappa shape index (κ1) is 36.1. The number of nitrogens with one attached hydrogen (secondary N) is 3. The molecule has 0 aromatic heterocycles. The number of nitrogens with zero attached hydrogens (tertiary/aromatic N) is 1. The van der Waals surface area contributed by atoms with Crippen molar-refractivity contribution in [2.75, 3.05) is 41.5 Å². The molecular formula is C33H48N4O7. The van der Waals surface area contributed by atoms with Gasteiger partial charge in [-0.25, -0.2) is 0 Å². The second kappa shape index (κ2) is 18.5. The standard InChI is InChI=1S/C33H48N4O7/c1-8-28(31(39)33(41)34-21-24-18-26(42-6)20-27(19-24)43-7)36-32(40)29(17-22(2)3)35-30(38)14-11-23-9-12-25(13-10-23)44-16-15-37(4)5/h9-10,12-13,18-20,22,28-29H,8,11,14-17,21H2,1-7H3,(H,34,41)(H,35,38)(H,36,40)/t28?,29-/m0/s1. The molecule has 0 fully saturated rings. The molecule has 3 amide bonds. The van der Waals surface area contributed by atoms with Crippen molar-refractivity contribution in [1.82, 2.24) is 20.9 Å². The molecule has 0 heterocycles. The Balaban J connectivity index is 1.93. The zero-order valence-corrected chi connectivity index (χ0v) is 27.0. The Morgan fingerprint density at radius 2 is 1.48 bits per heavy atom. The van der Waals surface area contributed by atoms with Gasteiger partial charge in [-0.1, -0.05) is 32.9 Å². The molecular weight excluding hydrogens is 564 g/mol. The summed E-state index contributed by atoms with van der Waals surface area (Å²) in [5.41, 5.74) is 1.66. The van der Waals surface area contributed by atoms with E-state index in [4.69, 9.17) is 14.2 Å². The van der Waals surface area contributed by atoms with Crippen LogP contribution in [0.3, 0.4) is 0 Å². The Labute approximate surface area is 261 Å². The van der Waals surface area contributed by atoms with Gasteiger partial charge in [0, 0.05) is 25.6 Å². The molecule has 2 aromatic rings. The number of amides is 3. The summed E-state index contributed by atoms with van der Waals surface area (Å²) < 4.78 is 16.2. The van der Waals surface area contributed by atoms with Crippen molar-refractivity contribution in [2.45, 2.75) is 65.1 Å². The molecule has 242 valence electrons. The van der Waals surface area contributed by atoms with Crippen molar-refractivity contribution >= 4 is 23.5 Å². The van der Waals surface area contributed by atoms with E-state index < -0.39 is 29.7 Å². The second-order valence-corrected chi connectivity index (χ2v) is 11.3. The summed E-state index contributed by atoms with van der Waals surface area (Å²) in [6, 6.07) is 10.9. The van der Waals surface area contributed by atoms with E-state index in [9.17, 15) is 19.2 Å². The number of aryl methyl sites for hydroxylation is 1. The second-order valence-electron chi connectivity index (χ2n) is 11.3. The molecule has 2 rings (SSSR count). The third-order valence-electron chi connectivity index (χ3n) is 6.86. The molecule has 0 aliphatic rings. The summed E-state index contributed by atoms with van der Waals surface area (Å²) in [6.45, 7) is 7.06. The number of hydrogen-bond donors (Lipinski definition) is 3. The maximum Gasteiger partial charge on any atom is 0.289 e. The predicted molar refractivity (Wildman–Crippen MR) is 169 cm³/mol. The first-order valence-corrected chi connectivity index (χ1v) is 15.0. The zero-order chi connectivity index (χ0) is 32.6. The van der Waals surface area contributed by atoms with E-state index in [2.05, 4.69) is 16.0 Å². The topological polar surface area (TPSA) is 135 Å². The van der Waals surface area contributed by atoms with E-state index in [1.54, 1.807) is 25.1 Å². The third kappa shape index (κ3) is 12.6. The van der Waals surface area contributed by atoms with Crippen LogP contribution < -0.4 is 30.2 Å². The van der Waals surface area contributed by atoms with E-state index in [0.29, 0.717) is 36.5 Å². The minimum absolute atomic E-state index is 0.0702. The fourth-order valence-electron chi connectivity index (χ4n) is 4.35. The molecule has 0 aliphatic heterocycles.